The molecule has 0 atom stereocenters. The largest absolute Gasteiger partial charge is 0.398 e. The van der Waals surface area contributed by atoms with Crippen LogP contribution in [-0.2, 0) is 0 Å². The van der Waals surface area contributed by atoms with E-state index in [0.29, 0.717) is 0 Å². The number of benzene rings is 1. The standard InChI is InChI=1S/C11H13N/c1-4-5-10-7-6-8(2)11(12)9(10)3/h6-7H,12H2,1-3H3. The minimum Gasteiger partial charge on any atom is -0.398 e. The van der Waals surface area contributed by atoms with Crippen LogP contribution in [-0.4, -0.2) is 0 Å². The third kappa shape index (κ3) is 1.43. The molecular weight excluding hydrogens is 146 g/mol. The molecule has 0 aliphatic rings. The number of rotatable bonds is 0. The Kier molecular flexibility index (Phi) is 2.40. The summed E-state index contributed by atoms with van der Waals surface area (Å²) >= 11 is 0. The van der Waals surface area contributed by atoms with Crippen molar-refractivity contribution in [3.63, 3.8) is 0 Å². The highest BCUT2D eigenvalue weighted by molar-refractivity contribution is 5.59. The molecule has 0 aliphatic carbocycles. The topological polar surface area (TPSA) is 26.0 Å². The lowest BCUT2D eigenvalue weighted by molar-refractivity contribution is 1.37. The van der Waals surface area contributed by atoms with E-state index in [1.807, 2.05) is 32.9 Å². The molecule has 0 bridgehead atoms. The van der Waals surface area contributed by atoms with Gasteiger partial charge in [0.1, 0.15) is 0 Å². The van der Waals surface area contributed by atoms with Crippen molar-refractivity contribution in [1.29, 1.82) is 0 Å². The number of nitrogens with two attached hydrogens (primary N) is 1. The van der Waals surface area contributed by atoms with Gasteiger partial charge in [0, 0.05) is 11.3 Å². The zero-order valence-electron chi connectivity index (χ0n) is 7.73. The molecule has 0 fully saturated rings. The predicted molar refractivity (Wildman–Crippen MR) is 52.9 cm³/mol. The summed E-state index contributed by atoms with van der Waals surface area (Å²) in [4.78, 5) is 0. The first-order valence-corrected chi connectivity index (χ1v) is 3.95. The Balaban J connectivity index is 3.33. The van der Waals surface area contributed by atoms with E-state index in [0.717, 1.165) is 22.4 Å². The van der Waals surface area contributed by atoms with Crippen LogP contribution in [0.1, 0.15) is 23.6 Å². The van der Waals surface area contributed by atoms with Crippen molar-refractivity contribution < 1.29 is 0 Å². The van der Waals surface area contributed by atoms with Crippen molar-refractivity contribution in [1.82, 2.24) is 0 Å². The Bertz CT molecular complexity index is 353. The van der Waals surface area contributed by atoms with Crippen molar-refractivity contribution in [2.24, 2.45) is 0 Å². The molecule has 0 amide bonds. The molecule has 0 radical (unpaired) electrons. The zero-order chi connectivity index (χ0) is 9.14. The molecule has 2 N–H and O–H groups in total. The molecule has 62 valence electrons. The average molecular weight is 159 g/mol. The number of nitrogen functional groups attached to an aromatic ring is 1. The summed E-state index contributed by atoms with van der Waals surface area (Å²) in [5.74, 6) is 5.88. The molecule has 0 saturated heterocycles. The number of anilines is 1. The second kappa shape index (κ2) is 3.32. The van der Waals surface area contributed by atoms with Gasteiger partial charge in [-0.25, -0.2) is 0 Å². The lowest BCUT2D eigenvalue weighted by Crippen LogP contribution is -1.95. The lowest BCUT2D eigenvalue weighted by atomic mass is 10.0. The molecule has 0 spiro atoms. The molecule has 1 heteroatoms. The highest BCUT2D eigenvalue weighted by atomic mass is 14.6. The first kappa shape index (κ1) is 8.67. The van der Waals surface area contributed by atoms with Crippen LogP contribution in [0.25, 0.3) is 0 Å². The fraction of sp³-hybridized carbons (Fsp3) is 0.273. The van der Waals surface area contributed by atoms with Crippen molar-refractivity contribution in [2.45, 2.75) is 20.8 Å². The SMILES string of the molecule is CC#Cc1ccc(C)c(N)c1C. The minimum absolute atomic E-state index is 0.857. The normalized spacial score (nSPS) is 8.92. The smallest absolute Gasteiger partial charge is 0.0385 e. The summed E-state index contributed by atoms with van der Waals surface area (Å²) < 4.78 is 0. The Morgan fingerprint density at radius 2 is 1.92 bits per heavy atom. The van der Waals surface area contributed by atoms with Crippen molar-refractivity contribution in [3.05, 3.63) is 28.8 Å². The summed E-state index contributed by atoms with van der Waals surface area (Å²) in [6.45, 7) is 5.84. The van der Waals surface area contributed by atoms with Crippen LogP contribution >= 0.6 is 0 Å². The zero-order valence-corrected chi connectivity index (χ0v) is 7.73. The van der Waals surface area contributed by atoms with Gasteiger partial charge in [0.05, 0.1) is 0 Å². The molecule has 1 aromatic carbocycles. The van der Waals surface area contributed by atoms with E-state index >= 15 is 0 Å². The molecule has 0 saturated carbocycles. The van der Waals surface area contributed by atoms with E-state index < -0.39 is 0 Å². The van der Waals surface area contributed by atoms with Gasteiger partial charge in [-0.05, 0) is 38.0 Å². The van der Waals surface area contributed by atoms with E-state index in [9.17, 15) is 0 Å². The molecule has 0 heterocycles. The number of hydrogen-bond acceptors (Lipinski definition) is 1. The van der Waals surface area contributed by atoms with Gasteiger partial charge in [-0.15, -0.1) is 5.92 Å². The highest BCUT2D eigenvalue weighted by Gasteiger charge is 2.00. The van der Waals surface area contributed by atoms with Gasteiger partial charge in [-0.3, -0.25) is 0 Å². The molecule has 0 aliphatic heterocycles. The molecule has 0 unspecified atom stereocenters. The van der Waals surface area contributed by atoms with E-state index in [4.69, 9.17) is 5.73 Å². The molecule has 12 heavy (non-hydrogen) atoms. The third-order valence-electron chi connectivity index (χ3n) is 1.99. The quantitative estimate of drug-likeness (QED) is 0.456. The fourth-order valence-electron chi connectivity index (χ4n) is 1.13. The summed E-state index contributed by atoms with van der Waals surface area (Å²) in [5.41, 5.74) is 9.94. The summed E-state index contributed by atoms with van der Waals surface area (Å²) in [6.07, 6.45) is 0. The first-order chi connectivity index (χ1) is 5.66. The van der Waals surface area contributed by atoms with Gasteiger partial charge in [-0.2, -0.15) is 0 Å². The van der Waals surface area contributed by atoms with Crippen LogP contribution in [0.3, 0.4) is 0 Å². The maximum absolute atomic E-state index is 5.85. The Labute approximate surface area is 73.6 Å². The number of hydrogen-bond donors (Lipinski definition) is 1. The van der Waals surface area contributed by atoms with E-state index in [2.05, 4.69) is 11.8 Å². The van der Waals surface area contributed by atoms with Crippen molar-refractivity contribution in [3.8, 4) is 11.8 Å². The van der Waals surface area contributed by atoms with Crippen LogP contribution in [0.5, 0.6) is 0 Å². The van der Waals surface area contributed by atoms with Crippen molar-refractivity contribution in [2.75, 3.05) is 5.73 Å². The molecule has 0 aromatic heterocycles. The van der Waals surface area contributed by atoms with Gasteiger partial charge in [0.25, 0.3) is 0 Å². The third-order valence-corrected chi connectivity index (χ3v) is 1.99. The summed E-state index contributed by atoms with van der Waals surface area (Å²) in [6, 6.07) is 4.01. The lowest BCUT2D eigenvalue weighted by Gasteiger charge is -2.05. The average Bonchev–Trinajstić information content (AvgIpc) is 2.07. The van der Waals surface area contributed by atoms with Gasteiger partial charge in [0.2, 0.25) is 0 Å². The summed E-state index contributed by atoms with van der Waals surface area (Å²) in [5, 5.41) is 0. The monoisotopic (exact) mass is 159 g/mol. The van der Waals surface area contributed by atoms with Crippen LogP contribution in [0.2, 0.25) is 0 Å². The second-order valence-electron chi connectivity index (χ2n) is 2.84. The van der Waals surface area contributed by atoms with E-state index in [1.165, 1.54) is 0 Å². The van der Waals surface area contributed by atoms with Crippen LogP contribution < -0.4 is 5.73 Å². The fourth-order valence-corrected chi connectivity index (χ4v) is 1.13. The highest BCUT2D eigenvalue weighted by Crippen LogP contribution is 2.19. The van der Waals surface area contributed by atoms with E-state index in [1.54, 1.807) is 0 Å². The van der Waals surface area contributed by atoms with E-state index in [-0.39, 0.29) is 0 Å². The maximum atomic E-state index is 5.85. The van der Waals surface area contributed by atoms with Crippen molar-refractivity contribution >= 4 is 5.69 Å². The molecule has 1 nitrogen and oxygen atoms in total. The summed E-state index contributed by atoms with van der Waals surface area (Å²) in [7, 11) is 0. The molecular formula is C11H13N. The first-order valence-electron chi connectivity index (χ1n) is 3.95. The molecule has 1 aromatic rings. The Morgan fingerprint density at radius 1 is 1.25 bits per heavy atom. The van der Waals surface area contributed by atoms with Crippen LogP contribution in [0, 0.1) is 25.7 Å². The van der Waals surface area contributed by atoms with Gasteiger partial charge in [-0.1, -0.05) is 12.0 Å². The molecule has 1 rings (SSSR count). The van der Waals surface area contributed by atoms with Crippen LogP contribution in [0.15, 0.2) is 12.1 Å². The number of aryl methyl sites for hydroxylation is 1. The van der Waals surface area contributed by atoms with Gasteiger partial charge in [0.15, 0.2) is 0 Å². The Morgan fingerprint density at radius 3 is 2.50 bits per heavy atom. The minimum atomic E-state index is 0.857. The van der Waals surface area contributed by atoms with Crippen LogP contribution in [0.4, 0.5) is 5.69 Å². The second-order valence-corrected chi connectivity index (χ2v) is 2.84. The van der Waals surface area contributed by atoms with Gasteiger partial charge < -0.3 is 5.73 Å². The Hall–Kier alpha value is -1.42. The van der Waals surface area contributed by atoms with Gasteiger partial charge >= 0.3 is 0 Å². The predicted octanol–water partition coefficient (Wildman–Crippen LogP) is 2.26. The maximum Gasteiger partial charge on any atom is 0.0385 e.